The highest BCUT2D eigenvalue weighted by Gasteiger charge is 2.28. The monoisotopic (exact) mass is 275 g/mol. The number of benzene rings is 1. The number of aryl methyl sites for hydroxylation is 1. The average molecular weight is 275 g/mol. The predicted molar refractivity (Wildman–Crippen MR) is 77.4 cm³/mol. The SMILES string of the molecule is Cc1ccccc1C(=O)N1CCCC[C@H]1CNC(N)=O. The molecule has 1 aromatic carbocycles. The molecule has 0 aromatic heterocycles. The molecule has 3 N–H and O–H groups in total. The largest absolute Gasteiger partial charge is 0.352 e. The quantitative estimate of drug-likeness (QED) is 0.880. The molecular weight excluding hydrogens is 254 g/mol. The standard InChI is InChI=1S/C15H21N3O2/c1-11-6-2-3-8-13(11)14(19)18-9-5-4-7-12(18)10-17-15(16)20/h2-3,6,8,12H,4-5,7,9-10H2,1H3,(H3,16,17,20)/t12-/m0/s1. The number of nitrogens with zero attached hydrogens (tertiary/aromatic N) is 1. The van der Waals surface area contributed by atoms with Crippen molar-refractivity contribution in [3.8, 4) is 0 Å². The lowest BCUT2D eigenvalue weighted by atomic mass is 9.99. The first-order valence-electron chi connectivity index (χ1n) is 6.99. The van der Waals surface area contributed by atoms with Crippen LogP contribution >= 0.6 is 0 Å². The van der Waals surface area contributed by atoms with Gasteiger partial charge in [-0.3, -0.25) is 4.79 Å². The summed E-state index contributed by atoms with van der Waals surface area (Å²) in [5.74, 6) is 0.0408. The van der Waals surface area contributed by atoms with E-state index in [-0.39, 0.29) is 11.9 Å². The number of hydrogen-bond donors (Lipinski definition) is 2. The maximum Gasteiger partial charge on any atom is 0.312 e. The molecule has 1 aliphatic rings. The summed E-state index contributed by atoms with van der Waals surface area (Å²) >= 11 is 0. The molecule has 1 fully saturated rings. The number of nitrogens with one attached hydrogen (secondary N) is 1. The van der Waals surface area contributed by atoms with Crippen molar-refractivity contribution in [1.29, 1.82) is 0 Å². The fourth-order valence-corrected chi connectivity index (χ4v) is 2.67. The van der Waals surface area contributed by atoms with Gasteiger partial charge in [0.15, 0.2) is 0 Å². The zero-order valence-electron chi connectivity index (χ0n) is 11.8. The normalized spacial score (nSPS) is 18.6. The minimum atomic E-state index is -0.543. The van der Waals surface area contributed by atoms with Crippen molar-refractivity contribution in [3.05, 3.63) is 35.4 Å². The molecule has 0 spiro atoms. The highest BCUT2D eigenvalue weighted by molar-refractivity contribution is 5.95. The minimum Gasteiger partial charge on any atom is -0.352 e. The van der Waals surface area contributed by atoms with Gasteiger partial charge >= 0.3 is 6.03 Å². The summed E-state index contributed by atoms with van der Waals surface area (Å²) < 4.78 is 0. The molecule has 0 saturated carbocycles. The average Bonchev–Trinajstić information content (AvgIpc) is 2.45. The molecule has 1 heterocycles. The van der Waals surface area contributed by atoms with Gasteiger partial charge in [0.05, 0.1) is 0 Å². The van der Waals surface area contributed by atoms with Gasteiger partial charge in [-0.2, -0.15) is 0 Å². The maximum absolute atomic E-state index is 12.7. The number of amides is 3. The number of likely N-dealkylation sites (tertiary alicyclic amines) is 1. The summed E-state index contributed by atoms with van der Waals surface area (Å²) in [6.45, 7) is 3.10. The Bertz CT molecular complexity index is 502. The Kier molecular flexibility index (Phi) is 4.61. The van der Waals surface area contributed by atoms with E-state index in [1.165, 1.54) is 0 Å². The molecule has 108 valence electrons. The van der Waals surface area contributed by atoms with E-state index in [0.717, 1.165) is 36.9 Å². The maximum atomic E-state index is 12.7. The first-order chi connectivity index (χ1) is 9.59. The van der Waals surface area contributed by atoms with E-state index in [0.29, 0.717) is 6.54 Å². The molecule has 2 rings (SSSR count). The molecule has 1 atom stereocenters. The molecular formula is C15H21N3O2. The van der Waals surface area contributed by atoms with Crippen LogP contribution in [0.2, 0.25) is 0 Å². The topological polar surface area (TPSA) is 75.4 Å². The van der Waals surface area contributed by atoms with Crippen LogP contribution < -0.4 is 11.1 Å². The molecule has 0 unspecified atom stereocenters. The van der Waals surface area contributed by atoms with Crippen molar-refractivity contribution in [1.82, 2.24) is 10.2 Å². The molecule has 1 aliphatic heterocycles. The van der Waals surface area contributed by atoms with Crippen LogP contribution in [0.1, 0.15) is 35.2 Å². The molecule has 5 heteroatoms. The van der Waals surface area contributed by atoms with Gasteiger partial charge in [0.25, 0.3) is 5.91 Å². The van der Waals surface area contributed by atoms with Crippen molar-refractivity contribution < 1.29 is 9.59 Å². The Morgan fingerprint density at radius 1 is 1.35 bits per heavy atom. The van der Waals surface area contributed by atoms with Gasteiger partial charge in [0.2, 0.25) is 0 Å². The van der Waals surface area contributed by atoms with E-state index in [1.54, 1.807) is 0 Å². The molecule has 5 nitrogen and oxygen atoms in total. The first kappa shape index (κ1) is 14.4. The second-order valence-electron chi connectivity index (χ2n) is 5.21. The van der Waals surface area contributed by atoms with Crippen LogP contribution in [0.4, 0.5) is 4.79 Å². The van der Waals surface area contributed by atoms with Gasteiger partial charge in [-0.1, -0.05) is 18.2 Å². The third-order valence-electron chi connectivity index (χ3n) is 3.78. The Hall–Kier alpha value is -2.04. The van der Waals surface area contributed by atoms with Crippen LogP contribution in [0, 0.1) is 6.92 Å². The van der Waals surface area contributed by atoms with Crippen molar-refractivity contribution in [3.63, 3.8) is 0 Å². The van der Waals surface area contributed by atoms with Gasteiger partial charge in [-0.05, 0) is 37.8 Å². The van der Waals surface area contributed by atoms with Crippen molar-refractivity contribution in [2.75, 3.05) is 13.1 Å². The smallest absolute Gasteiger partial charge is 0.312 e. The van der Waals surface area contributed by atoms with E-state index >= 15 is 0 Å². The molecule has 0 radical (unpaired) electrons. The van der Waals surface area contributed by atoms with Crippen LogP contribution in [-0.4, -0.2) is 36.0 Å². The number of rotatable bonds is 3. The summed E-state index contributed by atoms with van der Waals surface area (Å²) in [6.07, 6.45) is 2.98. The summed E-state index contributed by atoms with van der Waals surface area (Å²) in [4.78, 5) is 25.4. The number of nitrogens with two attached hydrogens (primary N) is 1. The highest BCUT2D eigenvalue weighted by Crippen LogP contribution is 2.20. The van der Waals surface area contributed by atoms with E-state index in [9.17, 15) is 9.59 Å². The van der Waals surface area contributed by atoms with E-state index < -0.39 is 6.03 Å². The Balaban J connectivity index is 2.13. The molecule has 1 saturated heterocycles. The van der Waals surface area contributed by atoms with Crippen molar-refractivity contribution >= 4 is 11.9 Å². The summed E-state index contributed by atoms with van der Waals surface area (Å²) in [7, 11) is 0. The van der Waals surface area contributed by atoms with Gasteiger partial charge in [-0.25, -0.2) is 4.79 Å². The van der Waals surface area contributed by atoms with Crippen LogP contribution in [0.25, 0.3) is 0 Å². The molecule has 0 bridgehead atoms. The zero-order chi connectivity index (χ0) is 14.5. The number of carbonyl (C=O) groups excluding carboxylic acids is 2. The molecule has 20 heavy (non-hydrogen) atoms. The van der Waals surface area contributed by atoms with E-state index in [1.807, 2.05) is 36.1 Å². The first-order valence-corrected chi connectivity index (χ1v) is 6.99. The number of primary amides is 1. The van der Waals surface area contributed by atoms with Gasteiger partial charge in [-0.15, -0.1) is 0 Å². The number of carbonyl (C=O) groups is 2. The minimum absolute atomic E-state index is 0.0309. The zero-order valence-corrected chi connectivity index (χ0v) is 11.8. The van der Waals surface area contributed by atoms with Crippen LogP contribution in [-0.2, 0) is 0 Å². The third-order valence-corrected chi connectivity index (χ3v) is 3.78. The summed E-state index contributed by atoms with van der Waals surface area (Å²) in [5, 5.41) is 2.61. The Morgan fingerprint density at radius 3 is 2.80 bits per heavy atom. The second-order valence-corrected chi connectivity index (χ2v) is 5.21. The molecule has 0 aliphatic carbocycles. The fraction of sp³-hybridized carbons (Fsp3) is 0.467. The lowest BCUT2D eigenvalue weighted by Gasteiger charge is -2.36. The number of urea groups is 1. The molecule has 1 aromatic rings. The third kappa shape index (κ3) is 3.29. The van der Waals surface area contributed by atoms with E-state index in [4.69, 9.17) is 5.73 Å². The summed E-state index contributed by atoms with van der Waals surface area (Å²) in [6, 6.07) is 7.08. The van der Waals surface area contributed by atoms with E-state index in [2.05, 4.69) is 5.32 Å². The fourth-order valence-electron chi connectivity index (χ4n) is 2.67. The van der Waals surface area contributed by atoms with Gasteiger partial charge in [0, 0.05) is 24.7 Å². The molecule has 3 amide bonds. The van der Waals surface area contributed by atoms with Crippen LogP contribution in [0.3, 0.4) is 0 Å². The summed E-state index contributed by atoms with van der Waals surface area (Å²) in [5.41, 5.74) is 6.82. The van der Waals surface area contributed by atoms with Crippen molar-refractivity contribution in [2.45, 2.75) is 32.2 Å². The number of piperidine rings is 1. The Labute approximate surface area is 119 Å². The van der Waals surface area contributed by atoms with Gasteiger partial charge < -0.3 is 16.0 Å². The predicted octanol–water partition coefficient (Wildman–Crippen LogP) is 1.66. The van der Waals surface area contributed by atoms with Crippen LogP contribution in [0.5, 0.6) is 0 Å². The van der Waals surface area contributed by atoms with Crippen LogP contribution in [0.15, 0.2) is 24.3 Å². The second kappa shape index (κ2) is 6.41. The van der Waals surface area contributed by atoms with Gasteiger partial charge in [0.1, 0.15) is 0 Å². The lowest BCUT2D eigenvalue weighted by Crippen LogP contribution is -2.50. The van der Waals surface area contributed by atoms with Crippen molar-refractivity contribution in [2.24, 2.45) is 5.73 Å². The lowest BCUT2D eigenvalue weighted by molar-refractivity contribution is 0.0614. The number of hydrogen-bond acceptors (Lipinski definition) is 2. The highest BCUT2D eigenvalue weighted by atomic mass is 16.2. The Morgan fingerprint density at radius 2 is 2.10 bits per heavy atom.